The summed E-state index contributed by atoms with van der Waals surface area (Å²) >= 11 is 0. The lowest BCUT2D eigenvalue weighted by molar-refractivity contribution is -0.156. The van der Waals surface area contributed by atoms with Crippen molar-refractivity contribution in [3.8, 4) is 0 Å². The fraction of sp³-hybridized carbons (Fsp3) is 0.500. The van der Waals surface area contributed by atoms with Crippen LogP contribution < -0.4 is 5.90 Å². The summed E-state index contributed by atoms with van der Waals surface area (Å²) in [4.78, 5) is 23.6. The minimum absolute atomic E-state index is 0.633. The van der Waals surface area contributed by atoms with Gasteiger partial charge in [-0.15, -0.1) is 0 Å². The molecule has 0 amide bonds. The Kier molecular flexibility index (Phi) is 3.37. The smallest absolute Gasteiger partial charge is 0.333 e. The van der Waals surface area contributed by atoms with Crippen molar-refractivity contribution in [2.24, 2.45) is 5.90 Å². The molecule has 0 aromatic rings. The lowest BCUT2D eigenvalue weighted by Crippen LogP contribution is -2.25. The minimum atomic E-state index is -1.74. The van der Waals surface area contributed by atoms with E-state index in [1.54, 1.807) is 0 Å². The molecule has 10 heavy (non-hydrogen) atoms. The molecule has 0 bridgehead atoms. The van der Waals surface area contributed by atoms with Crippen LogP contribution in [0, 0.1) is 0 Å². The van der Waals surface area contributed by atoms with Gasteiger partial charge in [-0.2, -0.15) is 5.90 Å². The molecule has 0 heterocycles. The number of aliphatic carboxylic acids is 1. The molecule has 0 aromatic carbocycles. The number of carboxylic acids is 1. The first-order valence-corrected chi connectivity index (χ1v) is 2.38. The van der Waals surface area contributed by atoms with Gasteiger partial charge in [0.2, 0.25) is 0 Å². The summed E-state index contributed by atoms with van der Waals surface area (Å²) in [6.07, 6.45) is -2.37. The van der Waals surface area contributed by atoms with Crippen LogP contribution in [-0.2, 0) is 14.4 Å². The zero-order chi connectivity index (χ0) is 8.15. The van der Waals surface area contributed by atoms with E-state index in [2.05, 4.69) is 10.7 Å². The van der Waals surface area contributed by atoms with Gasteiger partial charge >= 0.3 is 11.9 Å². The van der Waals surface area contributed by atoms with Crippen LogP contribution in [0.25, 0.3) is 0 Å². The Labute approximate surface area is 56.2 Å². The van der Waals surface area contributed by atoms with Gasteiger partial charge in [0.25, 0.3) is 0 Å². The highest BCUT2D eigenvalue weighted by atomic mass is 16.7. The molecule has 58 valence electrons. The second kappa shape index (κ2) is 3.80. The summed E-state index contributed by atoms with van der Waals surface area (Å²) in [5.41, 5.74) is 0. The van der Waals surface area contributed by atoms with Crippen LogP contribution in [0.2, 0.25) is 0 Å². The molecule has 1 unspecified atom stereocenters. The molecule has 0 aliphatic heterocycles. The van der Waals surface area contributed by atoms with Crippen molar-refractivity contribution in [3.05, 3.63) is 0 Å². The van der Waals surface area contributed by atoms with E-state index < -0.39 is 24.5 Å². The molecule has 0 radical (unpaired) electrons. The van der Waals surface area contributed by atoms with Gasteiger partial charge in [0, 0.05) is 0 Å². The van der Waals surface area contributed by atoms with E-state index in [0.29, 0.717) is 0 Å². The van der Waals surface area contributed by atoms with Crippen molar-refractivity contribution >= 4 is 11.9 Å². The normalized spacial score (nSPS) is 12.2. The Morgan fingerprint density at radius 2 is 2.10 bits per heavy atom. The van der Waals surface area contributed by atoms with E-state index in [-0.39, 0.29) is 0 Å². The third kappa shape index (κ3) is 3.00. The molecular formula is C4H7NO5. The van der Waals surface area contributed by atoms with Gasteiger partial charge in [-0.05, 0) is 0 Å². The molecule has 0 fully saturated rings. The van der Waals surface area contributed by atoms with E-state index in [1.165, 1.54) is 0 Å². The molecule has 0 spiro atoms. The molecule has 0 aliphatic carbocycles. The lowest BCUT2D eigenvalue weighted by Gasteiger charge is -2.00. The standard InChI is InChI=1S/C4H7NO5/c5-10-3(7)1-2(6)4(8)9/h2,6H,1,5H2,(H,8,9). The van der Waals surface area contributed by atoms with Gasteiger partial charge in [0.15, 0.2) is 6.10 Å². The highest BCUT2D eigenvalue weighted by molar-refractivity contribution is 5.80. The first-order valence-electron chi connectivity index (χ1n) is 2.38. The van der Waals surface area contributed by atoms with Crippen molar-refractivity contribution in [1.29, 1.82) is 0 Å². The quantitative estimate of drug-likeness (QED) is 0.410. The van der Waals surface area contributed by atoms with Crippen LogP contribution in [0.4, 0.5) is 0 Å². The van der Waals surface area contributed by atoms with Gasteiger partial charge in [0.1, 0.15) is 0 Å². The van der Waals surface area contributed by atoms with Crippen LogP contribution >= 0.6 is 0 Å². The predicted octanol–water partition coefficient (Wildman–Crippen LogP) is -1.76. The van der Waals surface area contributed by atoms with Crippen molar-refractivity contribution in [3.63, 3.8) is 0 Å². The van der Waals surface area contributed by atoms with E-state index >= 15 is 0 Å². The Morgan fingerprint density at radius 3 is 2.40 bits per heavy atom. The first kappa shape index (κ1) is 8.86. The fourth-order valence-corrected chi connectivity index (χ4v) is 0.293. The number of carbonyl (C=O) groups is 2. The Hall–Kier alpha value is -1.14. The number of carbonyl (C=O) groups excluding carboxylic acids is 1. The summed E-state index contributed by atoms with van der Waals surface area (Å²) in [6, 6.07) is 0. The molecule has 0 saturated carbocycles. The maximum Gasteiger partial charge on any atom is 0.333 e. The van der Waals surface area contributed by atoms with Crippen molar-refractivity contribution < 1.29 is 24.6 Å². The highest BCUT2D eigenvalue weighted by Gasteiger charge is 2.17. The van der Waals surface area contributed by atoms with Crippen LogP contribution in [0.3, 0.4) is 0 Å². The third-order valence-electron chi connectivity index (χ3n) is 0.777. The van der Waals surface area contributed by atoms with Gasteiger partial charge in [-0.3, -0.25) is 4.79 Å². The van der Waals surface area contributed by atoms with Gasteiger partial charge < -0.3 is 15.1 Å². The van der Waals surface area contributed by atoms with Gasteiger partial charge in [0.05, 0.1) is 6.42 Å². The lowest BCUT2D eigenvalue weighted by atomic mass is 10.3. The van der Waals surface area contributed by atoms with Crippen LogP contribution in [0.5, 0.6) is 0 Å². The molecule has 0 aromatic heterocycles. The number of carboxylic acid groups (broad SMARTS) is 1. The molecule has 6 nitrogen and oxygen atoms in total. The van der Waals surface area contributed by atoms with Crippen molar-refractivity contribution in [2.45, 2.75) is 12.5 Å². The largest absolute Gasteiger partial charge is 0.479 e. The molecule has 0 rings (SSSR count). The summed E-state index contributed by atoms with van der Waals surface area (Å²) in [6.45, 7) is 0. The second-order valence-electron chi connectivity index (χ2n) is 1.55. The average Bonchev–Trinajstić information content (AvgIpc) is 1.87. The summed E-state index contributed by atoms with van der Waals surface area (Å²) < 4.78 is 0. The topological polar surface area (TPSA) is 110 Å². The number of nitrogens with two attached hydrogens (primary N) is 1. The molecule has 0 saturated heterocycles. The van der Waals surface area contributed by atoms with Crippen molar-refractivity contribution in [2.75, 3.05) is 0 Å². The first-order chi connectivity index (χ1) is 4.57. The Balaban J connectivity index is 3.68. The minimum Gasteiger partial charge on any atom is -0.479 e. The van der Waals surface area contributed by atoms with Gasteiger partial charge in [-0.1, -0.05) is 0 Å². The number of aliphatic hydroxyl groups is 1. The molecule has 0 aliphatic rings. The molecule has 4 N–H and O–H groups in total. The zero-order valence-corrected chi connectivity index (χ0v) is 4.98. The number of aliphatic hydroxyl groups excluding tert-OH is 1. The highest BCUT2D eigenvalue weighted by Crippen LogP contribution is 1.91. The van der Waals surface area contributed by atoms with E-state index in [0.717, 1.165) is 0 Å². The van der Waals surface area contributed by atoms with Gasteiger partial charge in [-0.25, -0.2) is 4.79 Å². The zero-order valence-electron chi connectivity index (χ0n) is 4.98. The second-order valence-corrected chi connectivity index (χ2v) is 1.55. The maximum atomic E-state index is 10.2. The maximum absolute atomic E-state index is 10.2. The molecule has 1 atom stereocenters. The predicted molar refractivity (Wildman–Crippen MR) is 28.5 cm³/mol. The molecule has 6 heteroatoms. The fourth-order valence-electron chi connectivity index (χ4n) is 0.293. The molecular weight excluding hydrogens is 142 g/mol. The third-order valence-corrected chi connectivity index (χ3v) is 0.777. The van der Waals surface area contributed by atoms with E-state index in [9.17, 15) is 9.59 Å². The van der Waals surface area contributed by atoms with E-state index in [1.807, 2.05) is 0 Å². The van der Waals surface area contributed by atoms with Crippen LogP contribution in [0.1, 0.15) is 6.42 Å². The SMILES string of the molecule is NOC(=O)CC(O)C(=O)O. The summed E-state index contributed by atoms with van der Waals surface area (Å²) in [5, 5.41) is 16.5. The number of hydrogen-bond acceptors (Lipinski definition) is 5. The summed E-state index contributed by atoms with van der Waals surface area (Å²) in [7, 11) is 0. The van der Waals surface area contributed by atoms with E-state index in [4.69, 9.17) is 10.2 Å². The number of hydrogen-bond donors (Lipinski definition) is 3. The number of rotatable bonds is 3. The monoisotopic (exact) mass is 149 g/mol. The van der Waals surface area contributed by atoms with Crippen molar-refractivity contribution in [1.82, 2.24) is 0 Å². The van der Waals surface area contributed by atoms with Crippen LogP contribution in [-0.4, -0.2) is 28.3 Å². The Bertz CT molecular complexity index is 145. The Morgan fingerprint density at radius 1 is 1.60 bits per heavy atom. The average molecular weight is 149 g/mol. The van der Waals surface area contributed by atoms with Crippen LogP contribution in [0.15, 0.2) is 0 Å². The summed E-state index contributed by atoms with van der Waals surface area (Å²) in [5.74, 6) is 1.92.